The van der Waals surface area contributed by atoms with Gasteiger partial charge in [-0.2, -0.15) is 0 Å². The smallest absolute Gasteiger partial charge is 0.261 e. The molecule has 138 valence electrons. The van der Waals surface area contributed by atoms with Crippen LogP contribution < -0.4 is 0 Å². The normalized spacial score (nSPS) is 20.4. The fourth-order valence-electron chi connectivity index (χ4n) is 4.22. The Balaban J connectivity index is 1.42. The van der Waals surface area contributed by atoms with E-state index in [9.17, 15) is 14.4 Å². The Morgan fingerprint density at radius 3 is 2.35 bits per heavy atom. The van der Waals surface area contributed by atoms with E-state index in [2.05, 4.69) is 20.8 Å². The van der Waals surface area contributed by atoms with Crippen LogP contribution in [-0.4, -0.2) is 46.1 Å². The van der Waals surface area contributed by atoms with E-state index in [1.165, 1.54) is 24.2 Å². The van der Waals surface area contributed by atoms with Crippen molar-refractivity contribution in [2.45, 2.75) is 63.5 Å². The third-order valence-electron chi connectivity index (χ3n) is 5.68. The van der Waals surface area contributed by atoms with Crippen molar-refractivity contribution in [3.63, 3.8) is 0 Å². The molecule has 0 radical (unpaired) electrons. The Labute approximate surface area is 161 Å². The number of nitrogens with zero attached hydrogens (tertiary/aromatic N) is 2. The Morgan fingerprint density at radius 2 is 1.65 bits per heavy atom. The van der Waals surface area contributed by atoms with E-state index in [4.69, 9.17) is 0 Å². The lowest BCUT2D eigenvalue weighted by Crippen LogP contribution is -2.44. The van der Waals surface area contributed by atoms with Crippen LogP contribution in [0.1, 0.15) is 72.1 Å². The van der Waals surface area contributed by atoms with Gasteiger partial charge in [-0.05, 0) is 43.9 Å². The van der Waals surface area contributed by atoms with Crippen LogP contribution >= 0.6 is 15.9 Å². The number of fused-ring (bicyclic) bond motifs is 1. The van der Waals surface area contributed by atoms with Crippen molar-refractivity contribution in [1.29, 1.82) is 0 Å². The number of carbonyl (C=O) groups is 3. The largest absolute Gasteiger partial charge is 0.337 e. The third kappa shape index (κ3) is 3.31. The number of amides is 3. The highest BCUT2D eigenvalue weighted by Crippen LogP contribution is 2.34. The molecule has 0 unspecified atom stereocenters. The quantitative estimate of drug-likeness (QED) is 0.683. The third-order valence-corrected chi connectivity index (χ3v) is 6.17. The molecule has 1 heterocycles. The van der Waals surface area contributed by atoms with E-state index in [1.807, 2.05) is 0 Å². The highest BCUT2D eigenvalue weighted by molar-refractivity contribution is 9.10. The first kappa shape index (κ1) is 17.7. The van der Waals surface area contributed by atoms with Crippen molar-refractivity contribution in [2.75, 3.05) is 6.54 Å². The molecule has 6 heteroatoms. The molecule has 5 nitrogen and oxygen atoms in total. The van der Waals surface area contributed by atoms with Gasteiger partial charge in [0.15, 0.2) is 0 Å². The maximum absolute atomic E-state index is 12.9. The van der Waals surface area contributed by atoms with Gasteiger partial charge in [0.2, 0.25) is 5.91 Å². The molecule has 3 aliphatic rings. The predicted octanol–water partition coefficient (Wildman–Crippen LogP) is 3.76. The zero-order valence-corrected chi connectivity index (χ0v) is 16.3. The number of benzene rings is 1. The topological polar surface area (TPSA) is 57.7 Å². The first-order valence-electron chi connectivity index (χ1n) is 9.53. The number of hydrogen-bond acceptors (Lipinski definition) is 3. The fourth-order valence-corrected chi connectivity index (χ4v) is 4.58. The Morgan fingerprint density at radius 1 is 1.00 bits per heavy atom. The van der Waals surface area contributed by atoms with E-state index < -0.39 is 0 Å². The van der Waals surface area contributed by atoms with Crippen LogP contribution in [0.15, 0.2) is 22.7 Å². The van der Waals surface area contributed by atoms with Gasteiger partial charge < -0.3 is 4.90 Å². The lowest BCUT2D eigenvalue weighted by molar-refractivity contribution is -0.135. The maximum atomic E-state index is 12.9. The van der Waals surface area contributed by atoms with Gasteiger partial charge in [-0.25, -0.2) is 0 Å². The molecule has 0 aromatic heterocycles. The average Bonchev–Trinajstić information content (AvgIpc) is 3.44. The second-order valence-corrected chi connectivity index (χ2v) is 8.44. The fraction of sp³-hybridized carbons (Fsp3) is 0.550. The lowest BCUT2D eigenvalue weighted by Gasteiger charge is -2.35. The molecule has 0 saturated heterocycles. The summed E-state index contributed by atoms with van der Waals surface area (Å²) in [6.07, 6.45) is 8.20. The average molecular weight is 419 g/mol. The summed E-state index contributed by atoms with van der Waals surface area (Å²) in [5, 5.41) is 0. The van der Waals surface area contributed by atoms with Gasteiger partial charge in [-0.1, -0.05) is 35.2 Å². The van der Waals surface area contributed by atoms with Gasteiger partial charge in [0.05, 0.1) is 11.1 Å². The summed E-state index contributed by atoms with van der Waals surface area (Å²) in [6.45, 7) is 0.165. The second-order valence-electron chi connectivity index (χ2n) is 7.53. The molecule has 3 amide bonds. The molecule has 2 saturated carbocycles. The van der Waals surface area contributed by atoms with Crippen LogP contribution in [0.2, 0.25) is 0 Å². The minimum atomic E-state index is -0.297. The number of carbonyl (C=O) groups excluding carboxylic acids is 3. The van der Waals surface area contributed by atoms with E-state index in [0.29, 0.717) is 23.2 Å². The molecule has 1 aromatic rings. The zero-order valence-electron chi connectivity index (χ0n) is 14.7. The van der Waals surface area contributed by atoms with Gasteiger partial charge in [0, 0.05) is 29.5 Å². The van der Waals surface area contributed by atoms with Crippen LogP contribution in [0.5, 0.6) is 0 Å². The Kier molecular flexibility index (Phi) is 4.86. The highest BCUT2D eigenvalue weighted by Gasteiger charge is 2.39. The number of imide groups is 1. The molecule has 0 spiro atoms. The van der Waals surface area contributed by atoms with E-state index in [1.54, 1.807) is 18.2 Å². The van der Waals surface area contributed by atoms with Gasteiger partial charge in [0.1, 0.15) is 0 Å². The molecule has 1 aliphatic heterocycles. The predicted molar refractivity (Wildman–Crippen MR) is 101 cm³/mol. The SMILES string of the molecule is O=C1c2ccc(Br)cc2C(=O)N1CCC(=O)N(C1CCCCC1)C1CC1. The van der Waals surface area contributed by atoms with Crippen LogP contribution in [0.3, 0.4) is 0 Å². The summed E-state index contributed by atoms with van der Waals surface area (Å²) in [6, 6.07) is 5.83. The lowest BCUT2D eigenvalue weighted by atomic mass is 9.93. The first-order valence-corrected chi connectivity index (χ1v) is 10.3. The molecule has 1 aromatic carbocycles. The van der Waals surface area contributed by atoms with Crippen LogP contribution in [0.4, 0.5) is 0 Å². The number of rotatable bonds is 5. The molecule has 0 N–H and O–H groups in total. The molecule has 2 fully saturated rings. The van der Waals surface area contributed by atoms with Crippen molar-refractivity contribution < 1.29 is 14.4 Å². The monoisotopic (exact) mass is 418 g/mol. The van der Waals surface area contributed by atoms with Crippen molar-refractivity contribution in [3.05, 3.63) is 33.8 Å². The minimum Gasteiger partial charge on any atom is -0.337 e. The van der Waals surface area contributed by atoms with Crippen molar-refractivity contribution in [3.8, 4) is 0 Å². The molecule has 4 rings (SSSR count). The molecular formula is C20H23BrN2O3. The Bertz CT molecular complexity index is 753. The summed E-state index contributed by atoms with van der Waals surface area (Å²) in [5.74, 6) is -0.493. The van der Waals surface area contributed by atoms with E-state index in [0.717, 1.165) is 30.2 Å². The van der Waals surface area contributed by atoms with Gasteiger partial charge >= 0.3 is 0 Å². The number of hydrogen-bond donors (Lipinski definition) is 0. The summed E-state index contributed by atoms with van der Waals surface area (Å²) in [4.78, 5) is 41.3. The van der Waals surface area contributed by atoms with E-state index in [-0.39, 0.29) is 30.7 Å². The van der Waals surface area contributed by atoms with Crippen molar-refractivity contribution in [2.24, 2.45) is 0 Å². The van der Waals surface area contributed by atoms with Crippen LogP contribution in [0, 0.1) is 0 Å². The molecular weight excluding hydrogens is 396 g/mol. The molecule has 2 aliphatic carbocycles. The van der Waals surface area contributed by atoms with Crippen LogP contribution in [-0.2, 0) is 4.79 Å². The minimum absolute atomic E-state index is 0.0946. The van der Waals surface area contributed by atoms with Crippen LogP contribution in [0.25, 0.3) is 0 Å². The first-order chi connectivity index (χ1) is 12.6. The zero-order chi connectivity index (χ0) is 18.3. The molecule has 0 bridgehead atoms. The summed E-state index contributed by atoms with van der Waals surface area (Å²) in [5.41, 5.74) is 0.847. The second kappa shape index (κ2) is 7.14. The van der Waals surface area contributed by atoms with Crippen molar-refractivity contribution >= 4 is 33.7 Å². The Hall–Kier alpha value is -1.69. The molecule has 0 atom stereocenters. The van der Waals surface area contributed by atoms with Crippen molar-refractivity contribution in [1.82, 2.24) is 9.80 Å². The summed E-state index contributed by atoms with van der Waals surface area (Å²) in [7, 11) is 0. The maximum Gasteiger partial charge on any atom is 0.261 e. The summed E-state index contributed by atoms with van der Waals surface area (Å²) < 4.78 is 0.771. The molecule has 26 heavy (non-hydrogen) atoms. The van der Waals surface area contributed by atoms with E-state index >= 15 is 0 Å². The number of halogens is 1. The standard InChI is InChI=1S/C20H23BrN2O3/c21-13-6-9-16-17(12-13)20(26)22(19(16)25)11-10-18(24)23(15-7-8-15)14-4-2-1-3-5-14/h6,9,12,14-15H,1-5,7-8,10-11H2. The van der Waals surface area contributed by atoms with Gasteiger partial charge in [-0.15, -0.1) is 0 Å². The summed E-state index contributed by atoms with van der Waals surface area (Å²) >= 11 is 3.34. The van der Waals surface area contributed by atoms with Gasteiger partial charge in [0.25, 0.3) is 11.8 Å². The highest BCUT2D eigenvalue weighted by atomic mass is 79.9. The van der Waals surface area contributed by atoms with Gasteiger partial charge in [-0.3, -0.25) is 19.3 Å².